The molecule has 0 bridgehead atoms. The fourth-order valence-corrected chi connectivity index (χ4v) is 3.14. The van der Waals surface area contributed by atoms with E-state index >= 15 is 0 Å². The van der Waals surface area contributed by atoms with Gasteiger partial charge in [0, 0.05) is 0 Å². The van der Waals surface area contributed by atoms with Gasteiger partial charge in [0.1, 0.15) is 11.3 Å². The maximum atomic E-state index is 12.5. The van der Waals surface area contributed by atoms with E-state index in [1.54, 1.807) is 12.1 Å². The molecular weight excluding hydrogens is 436 g/mol. The Morgan fingerprint density at radius 3 is 1.66 bits per heavy atom. The maximum Gasteiger partial charge on any atom is 0.339 e. The highest BCUT2D eigenvalue weighted by atomic mass is 16.5. The van der Waals surface area contributed by atoms with Crippen LogP contribution in [0.5, 0.6) is 5.75 Å². The van der Waals surface area contributed by atoms with E-state index in [0.29, 0.717) is 12.8 Å². The lowest BCUT2D eigenvalue weighted by molar-refractivity contribution is -0.138. The van der Waals surface area contributed by atoms with E-state index in [0.717, 1.165) is 38.5 Å². The Morgan fingerprint density at radius 2 is 1.20 bits per heavy atom. The molecular formula is C31H40O4. The summed E-state index contributed by atoms with van der Waals surface area (Å²) in [6.07, 6.45) is 32.7. The van der Waals surface area contributed by atoms with E-state index in [9.17, 15) is 14.7 Å². The van der Waals surface area contributed by atoms with Gasteiger partial charge in [0.25, 0.3) is 0 Å². The summed E-state index contributed by atoms with van der Waals surface area (Å²) < 4.78 is 5.36. The van der Waals surface area contributed by atoms with Crippen LogP contribution < -0.4 is 4.74 Å². The number of rotatable bonds is 17. The van der Waals surface area contributed by atoms with Crippen LogP contribution in [-0.2, 0) is 4.79 Å². The van der Waals surface area contributed by atoms with Crippen molar-refractivity contribution in [2.24, 2.45) is 5.92 Å². The predicted molar refractivity (Wildman–Crippen MR) is 146 cm³/mol. The third-order valence-electron chi connectivity index (χ3n) is 5.17. The molecule has 1 aromatic carbocycles. The van der Waals surface area contributed by atoms with Gasteiger partial charge >= 0.3 is 11.9 Å². The Kier molecular flexibility index (Phi) is 16.9. The predicted octanol–water partition coefficient (Wildman–Crippen LogP) is 8.40. The summed E-state index contributed by atoms with van der Waals surface area (Å²) in [5, 5.41) is 9.23. The number of para-hydroxylation sites is 1. The van der Waals surface area contributed by atoms with Crippen molar-refractivity contribution in [3.05, 3.63) is 103 Å². The van der Waals surface area contributed by atoms with Gasteiger partial charge in [-0.1, -0.05) is 98.9 Å². The highest BCUT2D eigenvalue weighted by Crippen LogP contribution is 2.21. The van der Waals surface area contributed by atoms with Gasteiger partial charge in [0.2, 0.25) is 0 Å². The summed E-state index contributed by atoms with van der Waals surface area (Å²) in [6.45, 7) is 4.07. The number of esters is 1. The molecule has 0 aliphatic rings. The number of ether oxygens (including phenoxy) is 1. The summed E-state index contributed by atoms with van der Waals surface area (Å²) in [6, 6.07) is 6.19. The minimum Gasteiger partial charge on any atom is -0.478 e. The largest absolute Gasteiger partial charge is 0.478 e. The molecule has 1 aromatic rings. The zero-order valence-corrected chi connectivity index (χ0v) is 21.1. The molecule has 0 aliphatic heterocycles. The van der Waals surface area contributed by atoms with E-state index in [1.165, 1.54) is 12.1 Å². The second-order valence-corrected chi connectivity index (χ2v) is 7.98. The van der Waals surface area contributed by atoms with Crippen molar-refractivity contribution in [2.45, 2.75) is 65.2 Å². The van der Waals surface area contributed by atoms with Crippen molar-refractivity contribution in [1.29, 1.82) is 0 Å². The van der Waals surface area contributed by atoms with Gasteiger partial charge in [0.15, 0.2) is 0 Å². The second-order valence-electron chi connectivity index (χ2n) is 7.98. The van der Waals surface area contributed by atoms with Crippen LogP contribution in [0.4, 0.5) is 0 Å². The van der Waals surface area contributed by atoms with Crippen LogP contribution in [0.3, 0.4) is 0 Å². The van der Waals surface area contributed by atoms with Crippen LogP contribution in [-0.4, -0.2) is 17.0 Å². The van der Waals surface area contributed by atoms with E-state index in [-0.39, 0.29) is 17.2 Å². The summed E-state index contributed by atoms with van der Waals surface area (Å²) in [4.78, 5) is 23.7. The molecule has 0 amide bonds. The number of hydrogen-bond donors (Lipinski definition) is 1. The molecule has 0 spiro atoms. The highest BCUT2D eigenvalue weighted by Gasteiger charge is 2.20. The topological polar surface area (TPSA) is 63.6 Å². The molecule has 1 unspecified atom stereocenters. The minimum atomic E-state index is -1.11. The van der Waals surface area contributed by atoms with Crippen molar-refractivity contribution < 1.29 is 19.4 Å². The number of carboxylic acid groups (broad SMARTS) is 1. The lowest BCUT2D eigenvalue weighted by Gasteiger charge is -2.13. The van der Waals surface area contributed by atoms with Crippen LogP contribution in [0.25, 0.3) is 0 Å². The second kappa shape index (κ2) is 20.0. The number of carbonyl (C=O) groups excluding carboxylic acids is 1. The fraction of sp³-hybridized carbons (Fsp3) is 0.355. The highest BCUT2D eigenvalue weighted by molar-refractivity contribution is 5.92. The molecule has 0 heterocycles. The first-order valence-corrected chi connectivity index (χ1v) is 12.5. The summed E-state index contributed by atoms with van der Waals surface area (Å²) in [7, 11) is 0. The van der Waals surface area contributed by atoms with Gasteiger partial charge in [-0.3, -0.25) is 4.79 Å². The minimum absolute atomic E-state index is 0.00959. The Hall–Kier alpha value is -3.40. The molecule has 0 saturated carbocycles. The molecule has 4 nitrogen and oxygen atoms in total. The first-order chi connectivity index (χ1) is 17.1. The van der Waals surface area contributed by atoms with Crippen molar-refractivity contribution in [3.8, 4) is 5.75 Å². The smallest absolute Gasteiger partial charge is 0.339 e. The van der Waals surface area contributed by atoms with Gasteiger partial charge in [0.05, 0.1) is 5.92 Å². The number of allylic oxidation sites excluding steroid dienone is 12. The summed E-state index contributed by atoms with van der Waals surface area (Å²) in [5.74, 6) is -1.73. The average Bonchev–Trinajstić information content (AvgIpc) is 2.85. The number of hydrogen-bond acceptors (Lipinski definition) is 3. The third-order valence-corrected chi connectivity index (χ3v) is 5.17. The molecule has 188 valence electrons. The van der Waals surface area contributed by atoms with Gasteiger partial charge in [-0.2, -0.15) is 0 Å². The van der Waals surface area contributed by atoms with E-state index in [1.807, 2.05) is 19.1 Å². The Labute approximate surface area is 211 Å². The van der Waals surface area contributed by atoms with E-state index in [4.69, 9.17) is 4.74 Å². The SMILES string of the molecule is CC/C=C\C/C=C\C/C=C\C/C=C\C/C=C\C/C=C\CC(CC)C(=O)Oc1ccccc1C(=O)O. The molecule has 0 fully saturated rings. The molecule has 0 radical (unpaired) electrons. The monoisotopic (exact) mass is 476 g/mol. The normalized spacial score (nSPS) is 13.3. The Balaban J connectivity index is 2.24. The van der Waals surface area contributed by atoms with Gasteiger partial charge in [-0.25, -0.2) is 4.79 Å². The molecule has 35 heavy (non-hydrogen) atoms. The van der Waals surface area contributed by atoms with Gasteiger partial charge in [-0.05, 0) is 63.5 Å². The van der Waals surface area contributed by atoms with Gasteiger partial charge in [-0.15, -0.1) is 0 Å². The standard InChI is InChI=1S/C31H40O4/c1-3-5-6-7-8-9-10-11-12-13-14-15-16-17-18-19-20-21-24-27(4-2)31(34)35-29-26-23-22-25-28(29)30(32)33/h5-6,8-9,11-12,14-15,17-18,20-23,25-27H,3-4,7,10,13,16,19,24H2,1-2H3,(H,32,33)/b6-5-,9-8-,12-11-,15-14-,18-17-,21-20-. The molecule has 4 heteroatoms. The number of carbonyl (C=O) groups is 2. The fourth-order valence-electron chi connectivity index (χ4n) is 3.14. The van der Waals surface area contributed by atoms with Crippen molar-refractivity contribution >= 4 is 11.9 Å². The first kappa shape index (κ1) is 29.6. The quantitative estimate of drug-likeness (QED) is 0.139. The number of benzene rings is 1. The zero-order valence-electron chi connectivity index (χ0n) is 21.1. The Bertz CT molecular complexity index is 916. The van der Waals surface area contributed by atoms with Crippen LogP contribution in [0.1, 0.15) is 75.6 Å². The lowest BCUT2D eigenvalue weighted by atomic mass is 10.0. The molecule has 0 aromatic heterocycles. The van der Waals surface area contributed by atoms with Crippen molar-refractivity contribution in [1.82, 2.24) is 0 Å². The molecule has 0 saturated heterocycles. The lowest BCUT2D eigenvalue weighted by Crippen LogP contribution is -2.20. The molecule has 1 rings (SSSR count). The number of aromatic carboxylic acids is 1. The van der Waals surface area contributed by atoms with E-state index in [2.05, 4.69) is 67.7 Å². The maximum absolute atomic E-state index is 12.5. The molecule has 1 N–H and O–H groups in total. The van der Waals surface area contributed by atoms with Crippen molar-refractivity contribution in [2.75, 3.05) is 0 Å². The Morgan fingerprint density at radius 1 is 0.743 bits per heavy atom. The van der Waals surface area contributed by atoms with Crippen LogP contribution in [0.15, 0.2) is 97.2 Å². The third kappa shape index (κ3) is 14.5. The van der Waals surface area contributed by atoms with Crippen LogP contribution in [0.2, 0.25) is 0 Å². The van der Waals surface area contributed by atoms with Crippen LogP contribution in [0, 0.1) is 5.92 Å². The molecule has 1 atom stereocenters. The van der Waals surface area contributed by atoms with Gasteiger partial charge < -0.3 is 9.84 Å². The average molecular weight is 477 g/mol. The summed E-state index contributed by atoms with van der Waals surface area (Å²) in [5.41, 5.74) is -0.00959. The zero-order chi connectivity index (χ0) is 25.6. The van der Waals surface area contributed by atoms with Crippen LogP contribution >= 0.6 is 0 Å². The van der Waals surface area contributed by atoms with E-state index < -0.39 is 11.9 Å². The number of carboxylic acids is 1. The van der Waals surface area contributed by atoms with Crippen molar-refractivity contribution in [3.63, 3.8) is 0 Å². The first-order valence-electron chi connectivity index (χ1n) is 12.5. The summed E-state index contributed by atoms with van der Waals surface area (Å²) >= 11 is 0. The molecule has 0 aliphatic carbocycles.